The standard InChI is InChI=1S/C14H23F4O5P/c1-9(2)5-13(15,16)11(19)7-22-24(21)23-8-12(20)14(17,18)6-10(3)4/h9-10,24H,5-8H2,1-4H3. The average Bonchev–Trinajstić information content (AvgIpc) is 2.38. The van der Waals surface area contributed by atoms with Crippen molar-refractivity contribution >= 4 is 19.8 Å². The van der Waals surface area contributed by atoms with Crippen molar-refractivity contribution in [1.29, 1.82) is 0 Å². The molecule has 24 heavy (non-hydrogen) atoms. The second kappa shape index (κ2) is 9.63. The lowest BCUT2D eigenvalue weighted by Gasteiger charge is -2.18. The second-order valence-electron chi connectivity index (χ2n) is 6.28. The van der Waals surface area contributed by atoms with E-state index in [1.165, 1.54) is 27.7 Å². The van der Waals surface area contributed by atoms with Gasteiger partial charge in [-0.25, -0.2) is 0 Å². The highest BCUT2D eigenvalue weighted by molar-refractivity contribution is 7.33. The first kappa shape index (κ1) is 23.2. The molecule has 142 valence electrons. The van der Waals surface area contributed by atoms with Gasteiger partial charge in [0, 0.05) is 12.8 Å². The fourth-order valence-corrected chi connectivity index (χ4v) is 2.34. The summed E-state index contributed by atoms with van der Waals surface area (Å²) >= 11 is 0. The second-order valence-corrected chi connectivity index (χ2v) is 7.36. The van der Waals surface area contributed by atoms with Crippen LogP contribution in [-0.2, 0) is 23.2 Å². The molecule has 0 aliphatic rings. The van der Waals surface area contributed by atoms with Gasteiger partial charge in [0.25, 0.3) is 0 Å². The van der Waals surface area contributed by atoms with E-state index in [1.54, 1.807) is 0 Å². The van der Waals surface area contributed by atoms with Crippen molar-refractivity contribution in [2.24, 2.45) is 11.8 Å². The molecular weight excluding hydrogens is 355 g/mol. The molecule has 0 spiro atoms. The first-order valence-corrected chi connectivity index (χ1v) is 8.62. The zero-order chi connectivity index (χ0) is 19.1. The molecule has 0 aromatic heterocycles. The van der Waals surface area contributed by atoms with Gasteiger partial charge in [-0.15, -0.1) is 0 Å². The molecule has 0 unspecified atom stereocenters. The average molecular weight is 378 g/mol. The molecule has 10 heteroatoms. The lowest BCUT2D eigenvalue weighted by molar-refractivity contribution is -0.148. The Balaban J connectivity index is 4.33. The molecule has 0 saturated heterocycles. The van der Waals surface area contributed by atoms with Crippen LogP contribution in [0, 0.1) is 11.8 Å². The van der Waals surface area contributed by atoms with E-state index in [2.05, 4.69) is 9.05 Å². The molecule has 0 fully saturated rings. The summed E-state index contributed by atoms with van der Waals surface area (Å²) in [6, 6.07) is 0. The Morgan fingerprint density at radius 1 is 0.833 bits per heavy atom. The molecule has 0 aliphatic carbocycles. The van der Waals surface area contributed by atoms with E-state index in [0.717, 1.165) is 0 Å². The number of hydrogen-bond donors (Lipinski definition) is 0. The smallest absolute Gasteiger partial charge is 0.302 e. The van der Waals surface area contributed by atoms with E-state index < -0.39 is 69.6 Å². The van der Waals surface area contributed by atoms with Gasteiger partial charge in [-0.05, 0) is 11.8 Å². The molecule has 0 N–H and O–H groups in total. The van der Waals surface area contributed by atoms with Crippen molar-refractivity contribution in [3.63, 3.8) is 0 Å². The van der Waals surface area contributed by atoms with Crippen molar-refractivity contribution in [2.75, 3.05) is 13.2 Å². The third-order valence-electron chi connectivity index (χ3n) is 2.79. The summed E-state index contributed by atoms with van der Waals surface area (Å²) in [6.07, 6.45) is -1.40. The van der Waals surface area contributed by atoms with E-state index in [1.807, 2.05) is 0 Å². The van der Waals surface area contributed by atoms with Crippen LogP contribution in [-0.4, -0.2) is 36.6 Å². The summed E-state index contributed by atoms with van der Waals surface area (Å²) < 4.78 is 73.5. The summed E-state index contributed by atoms with van der Waals surface area (Å²) in [6.45, 7) is 3.61. The van der Waals surface area contributed by atoms with Gasteiger partial charge < -0.3 is 9.05 Å². The molecule has 0 radical (unpaired) electrons. The van der Waals surface area contributed by atoms with Gasteiger partial charge in [0.15, 0.2) is 0 Å². The number of rotatable bonds is 12. The Hall–Kier alpha value is -0.790. The quantitative estimate of drug-likeness (QED) is 0.380. The molecule has 0 rings (SSSR count). The van der Waals surface area contributed by atoms with Crippen LogP contribution in [0.2, 0.25) is 0 Å². The lowest BCUT2D eigenvalue weighted by Crippen LogP contribution is -2.33. The third kappa shape index (κ3) is 8.89. The summed E-state index contributed by atoms with van der Waals surface area (Å²) in [5.41, 5.74) is 0. The number of alkyl halides is 4. The lowest BCUT2D eigenvalue weighted by atomic mass is 10.0. The highest BCUT2D eigenvalue weighted by Gasteiger charge is 2.40. The Morgan fingerprint density at radius 2 is 1.12 bits per heavy atom. The predicted octanol–water partition coefficient (Wildman–Crippen LogP) is 3.91. The monoisotopic (exact) mass is 378 g/mol. The van der Waals surface area contributed by atoms with Crippen molar-refractivity contribution in [3.05, 3.63) is 0 Å². The molecule has 0 atom stereocenters. The maximum Gasteiger partial charge on any atom is 0.320 e. The van der Waals surface area contributed by atoms with Gasteiger partial charge in [0.1, 0.15) is 13.2 Å². The van der Waals surface area contributed by atoms with E-state index >= 15 is 0 Å². The zero-order valence-electron chi connectivity index (χ0n) is 14.0. The summed E-state index contributed by atoms with van der Waals surface area (Å²) in [4.78, 5) is 22.6. The summed E-state index contributed by atoms with van der Waals surface area (Å²) in [5.74, 6) is -11.4. The molecule has 5 nitrogen and oxygen atoms in total. The van der Waals surface area contributed by atoms with Gasteiger partial charge in [-0.1, -0.05) is 27.7 Å². The first-order chi connectivity index (χ1) is 10.8. The van der Waals surface area contributed by atoms with Crippen LogP contribution in [0.1, 0.15) is 40.5 Å². The SMILES string of the molecule is CC(C)CC(F)(F)C(=O)CO[PH](=O)OCC(=O)C(F)(F)CC(C)C. The van der Waals surface area contributed by atoms with Crippen molar-refractivity contribution < 1.29 is 40.8 Å². The van der Waals surface area contributed by atoms with E-state index in [4.69, 9.17) is 0 Å². The molecule has 0 aromatic rings. The van der Waals surface area contributed by atoms with E-state index in [0.29, 0.717) is 0 Å². The van der Waals surface area contributed by atoms with Gasteiger partial charge >= 0.3 is 20.1 Å². The molecule has 0 aromatic carbocycles. The maximum absolute atomic E-state index is 13.4. The maximum atomic E-state index is 13.4. The largest absolute Gasteiger partial charge is 0.320 e. The van der Waals surface area contributed by atoms with E-state index in [-0.39, 0.29) is 0 Å². The number of Topliss-reactive ketones (excluding diaryl/α,β-unsaturated/α-hetero) is 2. The third-order valence-corrected chi connectivity index (χ3v) is 3.55. The molecule has 0 amide bonds. The normalized spacial score (nSPS) is 13.1. The molecule has 0 aliphatic heterocycles. The van der Waals surface area contributed by atoms with Gasteiger partial charge in [0.2, 0.25) is 11.6 Å². The Kier molecular flexibility index (Phi) is 9.31. The predicted molar refractivity (Wildman–Crippen MR) is 79.7 cm³/mol. The Labute approximate surface area is 139 Å². The molecular formula is C14H23F4O5P. The van der Waals surface area contributed by atoms with Crippen LogP contribution >= 0.6 is 8.25 Å². The summed E-state index contributed by atoms with van der Waals surface area (Å²) in [5, 5.41) is 0. The van der Waals surface area contributed by atoms with Crippen molar-refractivity contribution in [1.82, 2.24) is 0 Å². The molecule has 0 saturated carbocycles. The van der Waals surface area contributed by atoms with E-state index in [9.17, 15) is 31.7 Å². The van der Waals surface area contributed by atoms with Crippen LogP contribution in [0.3, 0.4) is 0 Å². The summed E-state index contributed by atoms with van der Waals surface area (Å²) in [7, 11) is -3.51. The van der Waals surface area contributed by atoms with Gasteiger partial charge in [-0.2, -0.15) is 17.6 Å². The van der Waals surface area contributed by atoms with Crippen molar-refractivity contribution in [2.45, 2.75) is 52.4 Å². The molecule has 0 heterocycles. The van der Waals surface area contributed by atoms with Crippen LogP contribution in [0.25, 0.3) is 0 Å². The highest BCUT2D eigenvalue weighted by atomic mass is 31.1. The van der Waals surface area contributed by atoms with Crippen LogP contribution in [0.4, 0.5) is 17.6 Å². The number of halogens is 4. The van der Waals surface area contributed by atoms with Crippen LogP contribution < -0.4 is 0 Å². The van der Waals surface area contributed by atoms with Gasteiger partial charge in [0.05, 0.1) is 0 Å². The number of carbonyl (C=O) groups excluding carboxylic acids is 2. The number of carbonyl (C=O) groups is 2. The minimum absolute atomic E-state index is 0.446. The topological polar surface area (TPSA) is 69.7 Å². The highest BCUT2D eigenvalue weighted by Crippen LogP contribution is 2.30. The Morgan fingerprint density at radius 3 is 1.38 bits per heavy atom. The zero-order valence-corrected chi connectivity index (χ0v) is 15.0. The Bertz CT molecular complexity index is 426. The first-order valence-electron chi connectivity index (χ1n) is 7.39. The fraction of sp³-hybridized carbons (Fsp3) is 0.857. The van der Waals surface area contributed by atoms with Crippen LogP contribution in [0.15, 0.2) is 0 Å². The molecule has 0 bridgehead atoms. The minimum atomic E-state index is -3.64. The fourth-order valence-electron chi connectivity index (χ4n) is 1.75. The number of hydrogen-bond acceptors (Lipinski definition) is 5. The van der Waals surface area contributed by atoms with Crippen molar-refractivity contribution in [3.8, 4) is 0 Å². The van der Waals surface area contributed by atoms with Gasteiger partial charge in [-0.3, -0.25) is 14.2 Å². The number of ketones is 2. The van der Waals surface area contributed by atoms with Crippen LogP contribution in [0.5, 0.6) is 0 Å². The minimum Gasteiger partial charge on any atom is -0.302 e.